The van der Waals surface area contributed by atoms with Crippen LogP contribution in [-0.2, 0) is 9.53 Å². The van der Waals surface area contributed by atoms with Crippen LogP contribution < -0.4 is 5.32 Å². The quantitative estimate of drug-likeness (QED) is 0.751. The van der Waals surface area contributed by atoms with Crippen LogP contribution in [0.5, 0.6) is 0 Å². The van der Waals surface area contributed by atoms with Crippen LogP contribution in [0.25, 0.3) is 11.1 Å². The Kier molecular flexibility index (Phi) is 5.64. The van der Waals surface area contributed by atoms with Gasteiger partial charge in [-0.25, -0.2) is 0 Å². The van der Waals surface area contributed by atoms with Crippen LogP contribution >= 0.6 is 0 Å². The number of ketones is 1. The van der Waals surface area contributed by atoms with E-state index in [0.29, 0.717) is 17.4 Å². The number of benzene rings is 2. The Morgan fingerprint density at radius 1 is 1.12 bits per heavy atom. The first-order valence-electron chi connectivity index (χ1n) is 11.8. The van der Waals surface area contributed by atoms with E-state index in [2.05, 4.69) is 36.2 Å². The van der Waals surface area contributed by atoms with Gasteiger partial charge in [-0.3, -0.25) is 14.5 Å². The van der Waals surface area contributed by atoms with Crippen LogP contribution in [0.2, 0.25) is 0 Å². The minimum atomic E-state index is -0.270. The highest BCUT2D eigenvalue weighted by molar-refractivity contribution is 5.95. The lowest BCUT2D eigenvalue weighted by Crippen LogP contribution is -2.56. The number of hydrogen-bond donors (Lipinski definition) is 1. The number of rotatable bonds is 6. The number of hydrogen-bond acceptors (Lipinski definition) is 4. The second kappa shape index (κ2) is 8.45. The lowest BCUT2D eigenvalue weighted by molar-refractivity contribution is -0.122. The standard InChI is InChI=1S/C27H32N2O3/c1-18(2)22-15-27(22,17-29-14-6-9-24-25(29)23(30)16-32-24)28-26(31)21-12-10-20(11-13-21)19-7-4-3-5-8-19/h3-5,7-8,10-13,18,22,24-25H,6,9,14-17H2,1-2H3,(H,28,31)/t22?,24-,25-,27?/m1/s1. The van der Waals surface area contributed by atoms with E-state index in [0.717, 1.165) is 43.5 Å². The first-order valence-corrected chi connectivity index (χ1v) is 11.8. The number of amides is 1. The molecule has 2 aliphatic heterocycles. The van der Waals surface area contributed by atoms with Crippen molar-refractivity contribution < 1.29 is 14.3 Å². The first-order chi connectivity index (χ1) is 15.5. The highest BCUT2D eigenvalue weighted by atomic mass is 16.5. The number of carbonyl (C=O) groups is 2. The van der Waals surface area contributed by atoms with Gasteiger partial charge < -0.3 is 10.1 Å². The van der Waals surface area contributed by atoms with Gasteiger partial charge >= 0.3 is 0 Å². The number of nitrogens with one attached hydrogen (secondary N) is 1. The predicted molar refractivity (Wildman–Crippen MR) is 124 cm³/mol. The van der Waals surface area contributed by atoms with Crippen LogP contribution in [0.15, 0.2) is 54.6 Å². The van der Waals surface area contributed by atoms with Crippen molar-refractivity contribution in [3.63, 3.8) is 0 Å². The van der Waals surface area contributed by atoms with E-state index in [9.17, 15) is 9.59 Å². The number of Topliss-reactive ketones (excluding diaryl/α,β-unsaturated/α-hetero) is 1. The second-order valence-corrected chi connectivity index (χ2v) is 9.98. The van der Waals surface area contributed by atoms with Crippen molar-refractivity contribution in [2.24, 2.45) is 11.8 Å². The molecule has 5 rings (SSSR count). The van der Waals surface area contributed by atoms with Gasteiger partial charge in [0.25, 0.3) is 5.91 Å². The fourth-order valence-electron chi connectivity index (χ4n) is 5.74. The Morgan fingerprint density at radius 2 is 1.84 bits per heavy atom. The molecule has 0 spiro atoms. The topological polar surface area (TPSA) is 58.6 Å². The maximum absolute atomic E-state index is 13.2. The van der Waals surface area contributed by atoms with E-state index < -0.39 is 0 Å². The molecule has 168 valence electrons. The molecule has 2 unspecified atom stereocenters. The van der Waals surface area contributed by atoms with Crippen LogP contribution in [0.3, 0.4) is 0 Å². The summed E-state index contributed by atoms with van der Waals surface area (Å²) in [6.07, 6.45) is 2.96. The molecule has 4 atom stereocenters. The highest BCUT2D eigenvalue weighted by Crippen LogP contribution is 2.50. The molecule has 0 radical (unpaired) electrons. The van der Waals surface area contributed by atoms with Gasteiger partial charge in [-0.2, -0.15) is 0 Å². The Bertz CT molecular complexity index is 988. The van der Waals surface area contributed by atoms with Crippen molar-refractivity contribution >= 4 is 11.7 Å². The van der Waals surface area contributed by atoms with E-state index in [1.807, 2.05) is 42.5 Å². The monoisotopic (exact) mass is 432 g/mol. The molecule has 32 heavy (non-hydrogen) atoms. The number of ether oxygens (including phenoxy) is 1. The Morgan fingerprint density at radius 3 is 2.53 bits per heavy atom. The van der Waals surface area contributed by atoms with Crippen molar-refractivity contribution in [1.29, 1.82) is 0 Å². The van der Waals surface area contributed by atoms with Crippen molar-refractivity contribution in [1.82, 2.24) is 10.2 Å². The van der Waals surface area contributed by atoms with Crippen molar-refractivity contribution in [3.8, 4) is 11.1 Å². The lowest BCUT2D eigenvalue weighted by atomic mass is 9.95. The minimum Gasteiger partial charge on any atom is -0.368 e. The predicted octanol–water partition coefficient (Wildman–Crippen LogP) is 3.93. The molecular formula is C27H32N2O3. The average molecular weight is 433 g/mol. The van der Waals surface area contributed by atoms with Gasteiger partial charge in [-0.05, 0) is 60.9 Å². The van der Waals surface area contributed by atoms with Crippen LogP contribution in [0.4, 0.5) is 0 Å². The molecule has 1 saturated carbocycles. The van der Waals surface area contributed by atoms with E-state index >= 15 is 0 Å². The zero-order chi connectivity index (χ0) is 22.3. The van der Waals surface area contributed by atoms with E-state index in [1.165, 1.54) is 0 Å². The van der Waals surface area contributed by atoms with Gasteiger partial charge in [-0.1, -0.05) is 56.3 Å². The number of likely N-dealkylation sites (tertiary alicyclic amines) is 1. The van der Waals surface area contributed by atoms with Gasteiger partial charge in [0.1, 0.15) is 6.61 Å². The summed E-state index contributed by atoms with van der Waals surface area (Å²) in [5.74, 6) is 1.06. The summed E-state index contributed by atoms with van der Waals surface area (Å²) in [6, 6.07) is 17.9. The molecule has 1 amide bonds. The molecule has 2 heterocycles. The van der Waals surface area contributed by atoms with Gasteiger partial charge in [0, 0.05) is 12.1 Å². The molecule has 5 nitrogen and oxygen atoms in total. The maximum Gasteiger partial charge on any atom is 0.251 e. The lowest BCUT2D eigenvalue weighted by Gasteiger charge is -2.38. The number of piperidine rings is 1. The third-order valence-electron chi connectivity index (χ3n) is 7.49. The molecule has 2 saturated heterocycles. The summed E-state index contributed by atoms with van der Waals surface area (Å²) in [4.78, 5) is 28.0. The van der Waals surface area contributed by atoms with Crippen molar-refractivity contribution in [3.05, 3.63) is 60.2 Å². The average Bonchev–Trinajstić information content (AvgIpc) is 3.38. The van der Waals surface area contributed by atoms with Gasteiger partial charge in [-0.15, -0.1) is 0 Å². The third kappa shape index (κ3) is 4.00. The molecule has 3 fully saturated rings. The van der Waals surface area contributed by atoms with Gasteiger partial charge in [0.05, 0.1) is 17.7 Å². The smallest absolute Gasteiger partial charge is 0.251 e. The van der Waals surface area contributed by atoms with Crippen LogP contribution in [0.1, 0.15) is 43.5 Å². The molecular weight excluding hydrogens is 400 g/mol. The summed E-state index contributed by atoms with van der Waals surface area (Å²) in [7, 11) is 0. The van der Waals surface area contributed by atoms with Crippen LogP contribution in [0, 0.1) is 11.8 Å². The summed E-state index contributed by atoms with van der Waals surface area (Å²) >= 11 is 0. The van der Waals surface area contributed by atoms with E-state index in [4.69, 9.17) is 4.74 Å². The molecule has 0 aromatic heterocycles. The van der Waals surface area contributed by atoms with Crippen molar-refractivity contribution in [2.45, 2.75) is 50.8 Å². The Hall–Kier alpha value is -2.50. The Labute approximate surface area is 190 Å². The maximum atomic E-state index is 13.2. The summed E-state index contributed by atoms with van der Waals surface area (Å²) in [6.45, 7) is 6.28. The molecule has 0 bridgehead atoms. The molecule has 2 aromatic rings. The summed E-state index contributed by atoms with van der Waals surface area (Å²) in [5, 5.41) is 3.38. The fraction of sp³-hybridized carbons (Fsp3) is 0.481. The van der Waals surface area contributed by atoms with E-state index in [-0.39, 0.29) is 36.0 Å². The molecule has 1 aliphatic carbocycles. The van der Waals surface area contributed by atoms with Gasteiger partial charge in [0.2, 0.25) is 0 Å². The number of fused-ring (bicyclic) bond motifs is 1. The SMILES string of the molecule is CC(C)C1CC1(CN1CCC[C@H]2OCC(=O)[C@H]21)NC(=O)c1ccc(-c2ccccc2)cc1. The first kappa shape index (κ1) is 21.4. The molecule has 3 aliphatic rings. The van der Waals surface area contributed by atoms with Crippen molar-refractivity contribution in [2.75, 3.05) is 19.7 Å². The normalized spacial score (nSPS) is 29.7. The minimum absolute atomic E-state index is 0.0192. The zero-order valence-corrected chi connectivity index (χ0v) is 18.9. The highest BCUT2D eigenvalue weighted by Gasteiger charge is 2.58. The summed E-state index contributed by atoms with van der Waals surface area (Å²) in [5.41, 5.74) is 2.65. The third-order valence-corrected chi connectivity index (χ3v) is 7.49. The van der Waals surface area contributed by atoms with Crippen LogP contribution in [-0.4, -0.2) is 54.0 Å². The summed E-state index contributed by atoms with van der Waals surface area (Å²) < 4.78 is 5.73. The zero-order valence-electron chi connectivity index (χ0n) is 18.9. The Balaban J connectivity index is 1.32. The van der Waals surface area contributed by atoms with Gasteiger partial charge in [0.15, 0.2) is 5.78 Å². The largest absolute Gasteiger partial charge is 0.368 e. The van der Waals surface area contributed by atoms with E-state index in [1.54, 1.807) is 0 Å². The second-order valence-electron chi connectivity index (χ2n) is 9.98. The molecule has 2 aromatic carbocycles. The molecule has 5 heteroatoms. The number of carbonyl (C=O) groups excluding carboxylic acids is 2. The number of nitrogens with zero attached hydrogens (tertiary/aromatic N) is 1. The molecule has 1 N–H and O–H groups in total. The fourth-order valence-corrected chi connectivity index (χ4v) is 5.74.